The minimum Gasteiger partial charge on any atom is -0.444 e. The van der Waals surface area contributed by atoms with Crippen molar-refractivity contribution in [3.63, 3.8) is 0 Å². The zero-order chi connectivity index (χ0) is 17.9. The van der Waals surface area contributed by atoms with Gasteiger partial charge in [0.15, 0.2) is 5.82 Å². The maximum Gasteiger partial charge on any atom is 0.410 e. The summed E-state index contributed by atoms with van der Waals surface area (Å²) in [7, 11) is 0. The van der Waals surface area contributed by atoms with Gasteiger partial charge in [-0.3, -0.25) is 9.89 Å². The molecule has 0 saturated carbocycles. The number of nitrogens with one attached hydrogen (secondary N) is 2. The Morgan fingerprint density at radius 3 is 2.58 bits per heavy atom. The summed E-state index contributed by atoms with van der Waals surface area (Å²) in [5.74, 6) is 0.591. The van der Waals surface area contributed by atoms with Gasteiger partial charge >= 0.3 is 6.09 Å². The molecule has 0 bridgehead atoms. The smallest absolute Gasteiger partial charge is 0.410 e. The van der Waals surface area contributed by atoms with Gasteiger partial charge in [-0.2, -0.15) is 5.10 Å². The van der Waals surface area contributed by atoms with Gasteiger partial charge in [0.2, 0.25) is 5.91 Å². The number of carbonyl (C=O) groups excluding carboxylic acids is 2. The normalized spacial score (nSPS) is 14.5. The number of rotatable bonds is 4. The molecule has 1 aliphatic heterocycles. The molecule has 134 valence electrons. The predicted molar refractivity (Wildman–Crippen MR) is 91.6 cm³/mol. The van der Waals surface area contributed by atoms with E-state index in [-0.39, 0.29) is 17.9 Å². The molecule has 0 unspecified atom stereocenters. The molecule has 24 heavy (non-hydrogen) atoms. The molecule has 0 aliphatic carbocycles. The summed E-state index contributed by atoms with van der Waals surface area (Å²) in [5.41, 5.74) is 1.32. The highest BCUT2D eigenvalue weighted by Crippen LogP contribution is 2.25. The Kier molecular flexibility index (Phi) is 5.51. The minimum absolute atomic E-state index is 0.000739. The molecule has 0 spiro atoms. The number of aromatic amines is 1. The van der Waals surface area contributed by atoms with E-state index in [9.17, 15) is 9.59 Å². The highest BCUT2D eigenvalue weighted by Gasteiger charge is 2.29. The lowest BCUT2D eigenvalue weighted by molar-refractivity contribution is -0.120. The lowest BCUT2D eigenvalue weighted by Crippen LogP contribution is -2.40. The summed E-state index contributed by atoms with van der Waals surface area (Å²) in [6.07, 6.45) is 1.93. The van der Waals surface area contributed by atoms with Crippen molar-refractivity contribution in [3.8, 4) is 0 Å². The van der Waals surface area contributed by atoms with E-state index in [4.69, 9.17) is 4.74 Å². The molecule has 0 fully saturated rings. The Hall–Kier alpha value is -2.05. The Labute approximate surface area is 143 Å². The monoisotopic (exact) mass is 336 g/mol. The second kappa shape index (κ2) is 7.23. The second-order valence-electron chi connectivity index (χ2n) is 7.18. The number of amides is 2. The molecule has 0 radical (unpaired) electrons. The van der Waals surface area contributed by atoms with Crippen LogP contribution in [0.4, 0.5) is 10.6 Å². The zero-order valence-corrected chi connectivity index (χ0v) is 15.2. The first-order valence-electron chi connectivity index (χ1n) is 8.60. The molecule has 7 nitrogen and oxygen atoms in total. The largest absolute Gasteiger partial charge is 0.444 e. The average molecular weight is 336 g/mol. The SMILES string of the molecule is CCC(CC)C(=O)Nc1n[nH]c2c1CCN(C(=O)OC(C)(C)C)C2. The first-order valence-corrected chi connectivity index (χ1v) is 8.60. The quantitative estimate of drug-likeness (QED) is 0.884. The van der Waals surface area contributed by atoms with Crippen molar-refractivity contribution in [1.82, 2.24) is 15.1 Å². The van der Waals surface area contributed by atoms with Gasteiger partial charge in [0.05, 0.1) is 12.2 Å². The summed E-state index contributed by atoms with van der Waals surface area (Å²) in [4.78, 5) is 26.1. The van der Waals surface area contributed by atoms with Crippen LogP contribution in [-0.4, -0.2) is 39.2 Å². The molecule has 2 N–H and O–H groups in total. The van der Waals surface area contributed by atoms with Crippen LogP contribution in [0.3, 0.4) is 0 Å². The Bertz CT molecular complexity index is 599. The topological polar surface area (TPSA) is 87.3 Å². The van der Waals surface area contributed by atoms with E-state index >= 15 is 0 Å². The van der Waals surface area contributed by atoms with Crippen LogP contribution < -0.4 is 5.32 Å². The lowest BCUT2D eigenvalue weighted by Gasteiger charge is -2.29. The van der Waals surface area contributed by atoms with Gasteiger partial charge in [0.1, 0.15) is 5.60 Å². The third-order valence-electron chi connectivity index (χ3n) is 4.18. The van der Waals surface area contributed by atoms with Gasteiger partial charge in [-0.25, -0.2) is 4.79 Å². The van der Waals surface area contributed by atoms with E-state index in [1.807, 2.05) is 34.6 Å². The molecule has 2 heterocycles. The fraction of sp³-hybridized carbons (Fsp3) is 0.706. The van der Waals surface area contributed by atoms with Gasteiger partial charge in [0, 0.05) is 18.0 Å². The van der Waals surface area contributed by atoms with Crippen LogP contribution in [0.2, 0.25) is 0 Å². The van der Waals surface area contributed by atoms with Crippen molar-refractivity contribution < 1.29 is 14.3 Å². The number of nitrogens with zero attached hydrogens (tertiary/aromatic N) is 2. The van der Waals surface area contributed by atoms with Crippen LogP contribution in [0.5, 0.6) is 0 Å². The minimum atomic E-state index is -0.514. The van der Waals surface area contributed by atoms with Gasteiger partial charge in [0.25, 0.3) is 0 Å². The molecule has 0 aromatic carbocycles. The molecule has 7 heteroatoms. The first kappa shape index (κ1) is 18.3. The summed E-state index contributed by atoms with van der Waals surface area (Å²) in [6.45, 7) is 10.5. The van der Waals surface area contributed by atoms with E-state index in [0.29, 0.717) is 25.3 Å². The van der Waals surface area contributed by atoms with Crippen molar-refractivity contribution in [2.75, 3.05) is 11.9 Å². The van der Waals surface area contributed by atoms with Crippen LogP contribution in [-0.2, 0) is 22.5 Å². The third kappa shape index (κ3) is 4.27. The standard InChI is InChI=1S/C17H28N4O3/c1-6-11(7-2)15(22)18-14-12-8-9-21(10-13(12)19-20-14)16(23)24-17(3,4)5/h11H,6-10H2,1-5H3,(H2,18,19,20,22). The number of hydrogen-bond acceptors (Lipinski definition) is 4. The number of H-pyrrole nitrogens is 1. The van der Waals surface area contributed by atoms with Crippen molar-refractivity contribution >= 4 is 17.8 Å². The fourth-order valence-electron chi connectivity index (χ4n) is 2.78. The number of carbonyl (C=O) groups is 2. The summed E-state index contributed by atoms with van der Waals surface area (Å²) >= 11 is 0. The molecule has 1 aliphatic rings. The number of aromatic nitrogens is 2. The average Bonchev–Trinajstić information content (AvgIpc) is 2.89. The second-order valence-corrected chi connectivity index (χ2v) is 7.18. The van der Waals surface area contributed by atoms with Gasteiger partial charge < -0.3 is 15.0 Å². The van der Waals surface area contributed by atoms with Gasteiger partial charge in [-0.05, 0) is 40.0 Å². The molecule has 1 aromatic heterocycles. The summed E-state index contributed by atoms with van der Waals surface area (Å²) in [6, 6.07) is 0. The fourth-order valence-corrected chi connectivity index (χ4v) is 2.78. The van der Waals surface area contributed by atoms with Gasteiger partial charge in [-0.1, -0.05) is 13.8 Å². The Morgan fingerprint density at radius 2 is 2.00 bits per heavy atom. The van der Waals surface area contributed by atoms with Crippen molar-refractivity contribution in [3.05, 3.63) is 11.3 Å². The molecule has 0 saturated heterocycles. The maximum absolute atomic E-state index is 12.2. The van der Waals surface area contributed by atoms with Crippen LogP contribution in [0, 0.1) is 5.92 Å². The maximum atomic E-state index is 12.2. The number of anilines is 1. The molecule has 2 rings (SSSR count). The molecular weight excluding hydrogens is 308 g/mol. The van der Waals surface area contributed by atoms with Crippen molar-refractivity contribution in [1.29, 1.82) is 0 Å². The van der Waals surface area contributed by atoms with Crippen LogP contribution in [0.15, 0.2) is 0 Å². The molecule has 2 amide bonds. The van der Waals surface area contributed by atoms with Crippen molar-refractivity contribution in [2.45, 2.75) is 66.0 Å². The molecular formula is C17H28N4O3. The van der Waals surface area contributed by atoms with Crippen LogP contribution in [0.1, 0.15) is 58.7 Å². The summed E-state index contributed by atoms with van der Waals surface area (Å²) in [5, 5.41) is 10.1. The molecule has 0 atom stereocenters. The Morgan fingerprint density at radius 1 is 1.33 bits per heavy atom. The van der Waals surface area contributed by atoms with E-state index in [1.54, 1.807) is 4.90 Å². The van der Waals surface area contributed by atoms with E-state index in [0.717, 1.165) is 24.1 Å². The number of hydrogen-bond donors (Lipinski definition) is 2. The van der Waals surface area contributed by atoms with Crippen LogP contribution >= 0.6 is 0 Å². The predicted octanol–water partition coefficient (Wildman–Crippen LogP) is 3.08. The van der Waals surface area contributed by atoms with Crippen LogP contribution in [0.25, 0.3) is 0 Å². The highest BCUT2D eigenvalue weighted by atomic mass is 16.6. The number of fused-ring (bicyclic) bond motifs is 1. The van der Waals surface area contributed by atoms with E-state index < -0.39 is 5.60 Å². The van der Waals surface area contributed by atoms with E-state index in [1.165, 1.54) is 0 Å². The third-order valence-corrected chi connectivity index (χ3v) is 4.18. The first-order chi connectivity index (χ1) is 11.2. The zero-order valence-electron chi connectivity index (χ0n) is 15.2. The van der Waals surface area contributed by atoms with Gasteiger partial charge in [-0.15, -0.1) is 0 Å². The van der Waals surface area contributed by atoms with E-state index in [2.05, 4.69) is 15.5 Å². The number of ether oxygens (including phenoxy) is 1. The highest BCUT2D eigenvalue weighted by molar-refractivity contribution is 5.92. The molecule has 1 aromatic rings. The summed E-state index contributed by atoms with van der Waals surface area (Å²) < 4.78 is 5.41. The van der Waals surface area contributed by atoms with Crippen molar-refractivity contribution in [2.24, 2.45) is 5.92 Å². The lowest BCUT2D eigenvalue weighted by atomic mass is 10.0. The Balaban J connectivity index is 2.04.